The minimum absolute atomic E-state index is 0.343. The van der Waals surface area contributed by atoms with Gasteiger partial charge in [0.15, 0.2) is 0 Å². The van der Waals surface area contributed by atoms with E-state index >= 15 is 0 Å². The lowest BCUT2D eigenvalue weighted by molar-refractivity contribution is 0.0521. The molecule has 0 bridgehead atoms. The summed E-state index contributed by atoms with van der Waals surface area (Å²) in [5.41, 5.74) is 3.61. The van der Waals surface area contributed by atoms with Crippen molar-refractivity contribution in [3.05, 3.63) is 29.3 Å². The first-order chi connectivity index (χ1) is 10.7. The van der Waals surface area contributed by atoms with Crippen molar-refractivity contribution >= 4 is 11.8 Å². The fraction of sp³-hybridized carbons (Fsp3) is 0.611. The van der Waals surface area contributed by atoms with Crippen LogP contribution in [0.5, 0.6) is 0 Å². The van der Waals surface area contributed by atoms with Crippen LogP contribution in [0.4, 0.5) is 10.5 Å². The van der Waals surface area contributed by atoms with Gasteiger partial charge in [-0.3, -0.25) is 4.90 Å². The predicted molar refractivity (Wildman–Crippen MR) is 94.0 cm³/mol. The fourth-order valence-corrected chi connectivity index (χ4v) is 2.70. The molecule has 0 saturated carbocycles. The summed E-state index contributed by atoms with van der Waals surface area (Å²) >= 11 is 0. The summed E-state index contributed by atoms with van der Waals surface area (Å²) < 4.78 is 5.25. The number of rotatable bonds is 4. The molecular formula is C18H29N3O2. The average molecular weight is 319 g/mol. The monoisotopic (exact) mass is 319 g/mol. The number of carbonyl (C=O) groups is 1. The molecule has 0 fully saturated rings. The van der Waals surface area contributed by atoms with E-state index in [2.05, 4.69) is 47.4 Å². The van der Waals surface area contributed by atoms with Gasteiger partial charge in [-0.25, -0.2) is 4.79 Å². The van der Waals surface area contributed by atoms with Gasteiger partial charge in [0.25, 0.3) is 0 Å². The largest absolute Gasteiger partial charge is 0.444 e. The normalized spacial score (nSPS) is 15.0. The van der Waals surface area contributed by atoms with E-state index in [-0.39, 0.29) is 6.09 Å². The zero-order chi connectivity index (χ0) is 17.0. The molecule has 1 aromatic rings. The number of nitrogens with zero attached hydrogens (tertiary/aromatic N) is 2. The van der Waals surface area contributed by atoms with Crippen molar-refractivity contribution < 1.29 is 9.53 Å². The van der Waals surface area contributed by atoms with Crippen LogP contribution in [-0.4, -0.2) is 50.3 Å². The zero-order valence-electron chi connectivity index (χ0n) is 15.0. The fourth-order valence-electron chi connectivity index (χ4n) is 2.70. The van der Waals surface area contributed by atoms with E-state index in [0.29, 0.717) is 6.54 Å². The molecule has 1 aromatic carbocycles. The van der Waals surface area contributed by atoms with E-state index in [1.54, 1.807) is 0 Å². The molecule has 0 spiro atoms. The van der Waals surface area contributed by atoms with Crippen molar-refractivity contribution in [1.29, 1.82) is 0 Å². The third-order valence-electron chi connectivity index (χ3n) is 3.89. The molecule has 5 nitrogen and oxygen atoms in total. The summed E-state index contributed by atoms with van der Waals surface area (Å²) in [4.78, 5) is 16.2. The minimum atomic E-state index is -0.448. The molecule has 23 heavy (non-hydrogen) atoms. The number of hydrogen-bond acceptors (Lipinski definition) is 4. The summed E-state index contributed by atoms with van der Waals surface area (Å²) in [5, 5.41) is 2.83. The second kappa shape index (κ2) is 7.21. The summed E-state index contributed by atoms with van der Waals surface area (Å²) in [6.45, 7) is 9.03. The molecular weight excluding hydrogens is 290 g/mol. The Morgan fingerprint density at radius 2 is 2.04 bits per heavy atom. The van der Waals surface area contributed by atoms with Crippen molar-refractivity contribution in [2.75, 3.05) is 38.6 Å². The number of carbonyl (C=O) groups excluding carboxylic acids is 1. The third kappa shape index (κ3) is 5.43. The maximum atomic E-state index is 11.7. The zero-order valence-corrected chi connectivity index (χ0v) is 15.0. The molecule has 0 atom stereocenters. The molecule has 1 heterocycles. The maximum Gasteiger partial charge on any atom is 0.407 e. The van der Waals surface area contributed by atoms with Crippen LogP contribution >= 0.6 is 0 Å². The average Bonchev–Trinajstić information content (AvgIpc) is 2.44. The summed E-state index contributed by atoms with van der Waals surface area (Å²) in [6, 6.07) is 6.68. The smallest absolute Gasteiger partial charge is 0.407 e. The van der Waals surface area contributed by atoms with Crippen LogP contribution < -0.4 is 10.2 Å². The lowest BCUT2D eigenvalue weighted by Crippen LogP contribution is -2.39. The van der Waals surface area contributed by atoms with Gasteiger partial charge in [-0.05, 0) is 50.5 Å². The second-order valence-electron chi connectivity index (χ2n) is 7.30. The molecule has 0 radical (unpaired) electrons. The number of alkyl carbamates (subject to hydrolysis) is 1. The third-order valence-corrected chi connectivity index (χ3v) is 3.89. The lowest BCUT2D eigenvalue weighted by Gasteiger charge is -2.30. The highest BCUT2D eigenvalue weighted by Gasteiger charge is 2.18. The summed E-state index contributed by atoms with van der Waals surface area (Å²) in [6.07, 6.45) is 0.722. The first kappa shape index (κ1) is 17.6. The Balaban J connectivity index is 1.83. The van der Waals surface area contributed by atoms with Gasteiger partial charge in [0, 0.05) is 46.0 Å². The van der Waals surface area contributed by atoms with Gasteiger partial charge in [-0.2, -0.15) is 0 Å². The van der Waals surface area contributed by atoms with Gasteiger partial charge in [-0.15, -0.1) is 0 Å². The topological polar surface area (TPSA) is 44.8 Å². The first-order valence-electron chi connectivity index (χ1n) is 8.23. The van der Waals surface area contributed by atoms with Gasteiger partial charge >= 0.3 is 6.09 Å². The Kier molecular flexibility index (Phi) is 5.52. The Hall–Kier alpha value is -1.75. The van der Waals surface area contributed by atoms with E-state index in [1.807, 2.05) is 20.8 Å². The number of benzene rings is 1. The van der Waals surface area contributed by atoms with Crippen molar-refractivity contribution in [1.82, 2.24) is 10.2 Å². The molecule has 128 valence electrons. The summed E-state index contributed by atoms with van der Waals surface area (Å²) in [5.74, 6) is 0. The van der Waals surface area contributed by atoms with Gasteiger partial charge in [0.05, 0.1) is 0 Å². The molecule has 0 aromatic heterocycles. The molecule has 1 aliphatic heterocycles. The quantitative estimate of drug-likeness (QED) is 0.927. The van der Waals surface area contributed by atoms with Crippen LogP contribution in [0.15, 0.2) is 18.2 Å². The molecule has 1 amide bonds. The molecule has 0 saturated heterocycles. The predicted octanol–water partition coefficient (Wildman–Crippen LogP) is 2.64. The highest BCUT2D eigenvalue weighted by Crippen LogP contribution is 2.23. The molecule has 1 N–H and O–H groups in total. The van der Waals surface area contributed by atoms with Gasteiger partial charge < -0.3 is 15.0 Å². The Morgan fingerprint density at radius 1 is 1.30 bits per heavy atom. The SMILES string of the molecule is CN(C)c1ccc2c(c1)CN(CCNC(=O)OC(C)(C)C)CC2. The van der Waals surface area contributed by atoms with E-state index < -0.39 is 5.60 Å². The van der Waals surface area contributed by atoms with Crippen LogP contribution in [-0.2, 0) is 17.7 Å². The second-order valence-corrected chi connectivity index (χ2v) is 7.30. The highest BCUT2D eigenvalue weighted by molar-refractivity contribution is 5.67. The van der Waals surface area contributed by atoms with E-state index in [1.165, 1.54) is 16.8 Å². The number of anilines is 1. The van der Waals surface area contributed by atoms with Crippen LogP contribution in [0.2, 0.25) is 0 Å². The summed E-state index contributed by atoms with van der Waals surface area (Å²) in [7, 11) is 4.13. The standard InChI is InChI=1S/C18H29N3O2/c1-18(2,3)23-17(22)19-9-11-21-10-8-14-6-7-16(20(4)5)12-15(14)13-21/h6-7,12H,8-11,13H2,1-5H3,(H,19,22). The number of fused-ring (bicyclic) bond motifs is 1. The number of hydrogen-bond donors (Lipinski definition) is 1. The van der Waals surface area contributed by atoms with Crippen molar-refractivity contribution in [2.24, 2.45) is 0 Å². The maximum absolute atomic E-state index is 11.7. The van der Waals surface area contributed by atoms with Gasteiger partial charge in [-0.1, -0.05) is 6.07 Å². The lowest BCUT2D eigenvalue weighted by atomic mass is 9.99. The van der Waals surface area contributed by atoms with Crippen LogP contribution in [0.25, 0.3) is 0 Å². The molecule has 1 aliphatic rings. The van der Waals surface area contributed by atoms with E-state index in [9.17, 15) is 4.79 Å². The van der Waals surface area contributed by atoms with E-state index in [4.69, 9.17) is 4.74 Å². The Bertz CT molecular complexity index is 550. The molecule has 5 heteroatoms. The van der Waals surface area contributed by atoms with Crippen molar-refractivity contribution in [3.8, 4) is 0 Å². The number of nitrogens with one attached hydrogen (secondary N) is 1. The van der Waals surface area contributed by atoms with Crippen molar-refractivity contribution in [3.63, 3.8) is 0 Å². The highest BCUT2D eigenvalue weighted by atomic mass is 16.6. The van der Waals surface area contributed by atoms with Gasteiger partial charge in [0.1, 0.15) is 5.60 Å². The molecule has 2 rings (SSSR count). The van der Waals surface area contributed by atoms with Crippen LogP contribution in [0, 0.1) is 0 Å². The van der Waals surface area contributed by atoms with Gasteiger partial charge in [0.2, 0.25) is 0 Å². The van der Waals surface area contributed by atoms with Crippen LogP contribution in [0.1, 0.15) is 31.9 Å². The Labute approximate surface area is 139 Å². The number of amides is 1. The molecule has 0 aliphatic carbocycles. The minimum Gasteiger partial charge on any atom is -0.444 e. The first-order valence-corrected chi connectivity index (χ1v) is 8.23. The Morgan fingerprint density at radius 3 is 2.70 bits per heavy atom. The number of ether oxygens (including phenoxy) is 1. The molecule has 0 unspecified atom stereocenters. The van der Waals surface area contributed by atoms with E-state index in [0.717, 1.165) is 26.1 Å². The van der Waals surface area contributed by atoms with Crippen molar-refractivity contribution in [2.45, 2.75) is 39.3 Å². The van der Waals surface area contributed by atoms with Crippen LogP contribution in [0.3, 0.4) is 0 Å².